The summed E-state index contributed by atoms with van der Waals surface area (Å²) in [7, 11) is 0. The Kier molecular flexibility index (Phi) is 3.52. The number of hydrogen-bond donors (Lipinski definition) is 2. The van der Waals surface area contributed by atoms with Crippen molar-refractivity contribution in [3.05, 3.63) is 40.4 Å². The lowest BCUT2D eigenvalue weighted by Crippen LogP contribution is -2.26. The molecule has 0 aliphatic carbocycles. The molecule has 0 aromatic carbocycles. The molecule has 7 heteroatoms. The number of nitrogens with zero attached hydrogens (tertiary/aromatic N) is 3. The van der Waals surface area contributed by atoms with Gasteiger partial charge in [0.05, 0.1) is 6.20 Å². The quantitative estimate of drug-likeness (QED) is 0.828. The van der Waals surface area contributed by atoms with Crippen LogP contribution in [0.1, 0.15) is 23.8 Å². The minimum Gasteiger partial charge on any atom is -0.306 e. The second-order valence-electron chi connectivity index (χ2n) is 3.70. The summed E-state index contributed by atoms with van der Waals surface area (Å²) in [5, 5.41) is 12.9. The lowest BCUT2D eigenvalue weighted by Gasteiger charge is -2.05. The van der Waals surface area contributed by atoms with Crippen molar-refractivity contribution in [1.29, 1.82) is 0 Å². The molecule has 0 fully saturated rings. The zero-order valence-corrected chi connectivity index (χ0v) is 9.88. The molecule has 1 amide bonds. The van der Waals surface area contributed by atoms with E-state index in [0.717, 1.165) is 6.42 Å². The molecule has 0 spiro atoms. The maximum absolute atomic E-state index is 11.8. The molecule has 0 saturated carbocycles. The zero-order valence-electron chi connectivity index (χ0n) is 9.88. The van der Waals surface area contributed by atoms with Crippen LogP contribution in [0.4, 0.5) is 5.82 Å². The molecule has 7 nitrogen and oxygen atoms in total. The van der Waals surface area contributed by atoms with Crippen molar-refractivity contribution in [1.82, 2.24) is 20.0 Å². The SMILES string of the molecule is CCCn1nc(C(=O)Nc2ccn[nH]2)ccc1=O. The number of hydrogen-bond acceptors (Lipinski definition) is 4. The van der Waals surface area contributed by atoms with Crippen LogP contribution in [-0.2, 0) is 6.54 Å². The monoisotopic (exact) mass is 247 g/mol. The van der Waals surface area contributed by atoms with Crippen LogP contribution in [0, 0.1) is 0 Å². The van der Waals surface area contributed by atoms with Crippen LogP contribution < -0.4 is 10.9 Å². The van der Waals surface area contributed by atoms with Gasteiger partial charge in [0.15, 0.2) is 0 Å². The van der Waals surface area contributed by atoms with E-state index >= 15 is 0 Å². The Morgan fingerprint density at radius 2 is 2.28 bits per heavy atom. The third-order valence-corrected chi connectivity index (χ3v) is 2.28. The van der Waals surface area contributed by atoms with Gasteiger partial charge in [0.1, 0.15) is 11.5 Å². The highest BCUT2D eigenvalue weighted by Gasteiger charge is 2.10. The summed E-state index contributed by atoms with van der Waals surface area (Å²) in [5.41, 5.74) is -0.0207. The Morgan fingerprint density at radius 1 is 1.44 bits per heavy atom. The van der Waals surface area contributed by atoms with Crippen molar-refractivity contribution in [2.45, 2.75) is 19.9 Å². The minimum absolute atomic E-state index is 0.192. The van der Waals surface area contributed by atoms with Gasteiger partial charge in [-0.25, -0.2) is 4.68 Å². The molecule has 2 rings (SSSR count). The van der Waals surface area contributed by atoms with Gasteiger partial charge in [-0.1, -0.05) is 6.92 Å². The van der Waals surface area contributed by atoms with Crippen molar-refractivity contribution in [3.8, 4) is 0 Å². The highest BCUT2D eigenvalue weighted by Crippen LogP contribution is 2.01. The normalized spacial score (nSPS) is 10.3. The highest BCUT2D eigenvalue weighted by atomic mass is 16.2. The van der Waals surface area contributed by atoms with E-state index in [1.165, 1.54) is 23.0 Å². The van der Waals surface area contributed by atoms with Gasteiger partial charge in [-0.3, -0.25) is 14.7 Å². The average Bonchev–Trinajstić information content (AvgIpc) is 2.85. The summed E-state index contributed by atoms with van der Waals surface area (Å²) < 4.78 is 1.28. The Balaban J connectivity index is 2.20. The number of rotatable bonds is 4. The van der Waals surface area contributed by atoms with E-state index in [0.29, 0.717) is 12.4 Å². The maximum Gasteiger partial charge on any atom is 0.277 e. The summed E-state index contributed by atoms with van der Waals surface area (Å²) in [4.78, 5) is 23.3. The van der Waals surface area contributed by atoms with Gasteiger partial charge >= 0.3 is 0 Å². The van der Waals surface area contributed by atoms with E-state index in [9.17, 15) is 9.59 Å². The molecule has 0 radical (unpaired) electrons. The molecule has 94 valence electrons. The van der Waals surface area contributed by atoms with E-state index in [1.54, 1.807) is 6.07 Å². The third kappa shape index (κ3) is 2.62. The summed E-state index contributed by atoms with van der Waals surface area (Å²) in [5.74, 6) is 0.0964. The first-order valence-corrected chi connectivity index (χ1v) is 5.59. The fraction of sp³-hybridized carbons (Fsp3) is 0.273. The van der Waals surface area contributed by atoms with Crippen LogP contribution in [0.2, 0.25) is 0 Å². The van der Waals surface area contributed by atoms with Crippen molar-refractivity contribution >= 4 is 11.7 Å². The number of amides is 1. The average molecular weight is 247 g/mol. The number of carbonyl (C=O) groups is 1. The molecule has 2 aromatic heterocycles. The van der Waals surface area contributed by atoms with Crippen molar-refractivity contribution in [3.63, 3.8) is 0 Å². The largest absolute Gasteiger partial charge is 0.306 e. The molecule has 0 aliphatic heterocycles. The third-order valence-electron chi connectivity index (χ3n) is 2.28. The molecule has 0 bridgehead atoms. The number of aromatic nitrogens is 4. The molecular formula is C11H13N5O2. The van der Waals surface area contributed by atoms with E-state index in [2.05, 4.69) is 20.6 Å². The van der Waals surface area contributed by atoms with Crippen molar-refractivity contribution in [2.24, 2.45) is 0 Å². The van der Waals surface area contributed by atoms with E-state index in [4.69, 9.17) is 0 Å². The lowest BCUT2D eigenvalue weighted by atomic mass is 10.3. The first-order chi connectivity index (χ1) is 8.70. The predicted octanol–water partition coefficient (Wildman–Crippen LogP) is 0.629. The van der Waals surface area contributed by atoms with Crippen molar-refractivity contribution in [2.75, 3.05) is 5.32 Å². The topological polar surface area (TPSA) is 92.7 Å². The second-order valence-corrected chi connectivity index (χ2v) is 3.70. The molecule has 2 heterocycles. The Bertz CT molecular complexity index is 588. The number of carbonyl (C=O) groups excluding carboxylic acids is 1. The van der Waals surface area contributed by atoms with Crippen LogP contribution in [0.3, 0.4) is 0 Å². The second kappa shape index (κ2) is 5.26. The van der Waals surface area contributed by atoms with Crippen LogP contribution in [0.15, 0.2) is 29.2 Å². The number of H-pyrrole nitrogens is 1. The highest BCUT2D eigenvalue weighted by molar-refractivity contribution is 6.02. The molecule has 2 aromatic rings. The first-order valence-electron chi connectivity index (χ1n) is 5.59. The molecule has 0 saturated heterocycles. The Morgan fingerprint density at radius 3 is 2.94 bits per heavy atom. The lowest BCUT2D eigenvalue weighted by molar-refractivity contribution is 0.101. The number of nitrogens with one attached hydrogen (secondary N) is 2. The van der Waals surface area contributed by atoms with Crippen molar-refractivity contribution < 1.29 is 4.79 Å². The maximum atomic E-state index is 11.8. The summed E-state index contributed by atoms with van der Waals surface area (Å²) >= 11 is 0. The van der Waals surface area contributed by atoms with Gasteiger partial charge in [-0.15, -0.1) is 0 Å². The van der Waals surface area contributed by atoms with Gasteiger partial charge in [0, 0.05) is 18.7 Å². The molecule has 0 unspecified atom stereocenters. The van der Waals surface area contributed by atoms with Gasteiger partial charge in [0.2, 0.25) is 0 Å². The summed E-state index contributed by atoms with van der Waals surface area (Å²) in [6.45, 7) is 2.43. The van der Waals surface area contributed by atoms with Gasteiger partial charge in [-0.05, 0) is 12.5 Å². The zero-order chi connectivity index (χ0) is 13.0. The van der Waals surface area contributed by atoms with Gasteiger partial charge < -0.3 is 5.32 Å². The molecule has 18 heavy (non-hydrogen) atoms. The van der Waals surface area contributed by atoms with Crippen LogP contribution in [0.5, 0.6) is 0 Å². The van der Waals surface area contributed by atoms with Crippen LogP contribution in [-0.4, -0.2) is 25.9 Å². The molecule has 0 aliphatic rings. The van der Waals surface area contributed by atoms with E-state index in [1.807, 2.05) is 6.92 Å². The Hall–Kier alpha value is -2.44. The standard InChI is InChI=1S/C11H13N5O2/c1-2-7-16-10(17)4-3-8(15-16)11(18)13-9-5-6-12-14-9/h3-6H,2,7H2,1H3,(H2,12,13,14,18). The van der Waals surface area contributed by atoms with Crippen LogP contribution in [0.25, 0.3) is 0 Å². The van der Waals surface area contributed by atoms with Gasteiger partial charge in [0.25, 0.3) is 11.5 Å². The summed E-state index contributed by atoms with van der Waals surface area (Å²) in [6.07, 6.45) is 2.31. The van der Waals surface area contributed by atoms with E-state index < -0.39 is 0 Å². The summed E-state index contributed by atoms with van der Waals surface area (Å²) in [6, 6.07) is 4.37. The molecule has 2 N–H and O–H groups in total. The Labute approximate surface area is 103 Å². The number of aromatic amines is 1. The predicted molar refractivity (Wildman–Crippen MR) is 65.3 cm³/mol. The van der Waals surface area contributed by atoms with Gasteiger partial charge in [-0.2, -0.15) is 10.2 Å². The number of anilines is 1. The van der Waals surface area contributed by atoms with Crippen LogP contribution >= 0.6 is 0 Å². The fourth-order valence-electron chi connectivity index (χ4n) is 1.45. The fourth-order valence-corrected chi connectivity index (χ4v) is 1.45. The number of aryl methyl sites for hydroxylation is 1. The molecule has 0 atom stereocenters. The van der Waals surface area contributed by atoms with E-state index in [-0.39, 0.29) is 17.2 Å². The smallest absolute Gasteiger partial charge is 0.277 e. The molecular weight excluding hydrogens is 234 g/mol. The minimum atomic E-state index is -0.385. The first kappa shape index (κ1) is 12.0.